The van der Waals surface area contributed by atoms with E-state index in [4.69, 9.17) is 37.0 Å². The van der Waals surface area contributed by atoms with Crippen molar-refractivity contribution in [3.05, 3.63) is 0 Å². The van der Waals surface area contributed by atoms with Gasteiger partial charge in [-0.2, -0.15) is 0 Å². The van der Waals surface area contributed by atoms with Crippen LogP contribution in [-0.2, 0) is 65.4 Å². The number of esters is 4. The van der Waals surface area contributed by atoms with Gasteiger partial charge in [-0.15, -0.1) is 0 Å². The third-order valence-corrected chi connectivity index (χ3v) is 22.0. The Labute approximate surface area is 632 Å². The predicted molar refractivity (Wildman–Crippen MR) is 423 cm³/mol. The number of aliphatic hydroxyl groups excluding tert-OH is 1. The third-order valence-electron chi connectivity index (χ3n) is 20.1. The van der Waals surface area contributed by atoms with Crippen molar-refractivity contribution in [1.82, 2.24) is 0 Å². The predicted octanol–water partition coefficient (Wildman–Crippen LogP) is 25.6. The molecule has 6 atom stereocenters. The zero-order chi connectivity index (χ0) is 75.5. The summed E-state index contributed by atoms with van der Waals surface area (Å²) in [5.41, 5.74) is 0. The van der Waals surface area contributed by atoms with Crippen molar-refractivity contribution >= 4 is 39.5 Å². The first-order chi connectivity index (χ1) is 50.1. The lowest BCUT2D eigenvalue weighted by Gasteiger charge is -2.21. The summed E-state index contributed by atoms with van der Waals surface area (Å²) in [6.45, 7) is 7.30. The van der Waals surface area contributed by atoms with E-state index in [0.29, 0.717) is 25.7 Å². The van der Waals surface area contributed by atoms with Gasteiger partial charge in [-0.3, -0.25) is 37.3 Å². The maximum atomic E-state index is 13.1. The Morgan fingerprint density at radius 3 is 0.689 bits per heavy atom. The molecule has 612 valence electrons. The molecule has 0 saturated carbocycles. The molecule has 0 aromatic rings. The molecule has 3 unspecified atom stereocenters. The van der Waals surface area contributed by atoms with Crippen molar-refractivity contribution in [2.24, 2.45) is 5.92 Å². The summed E-state index contributed by atoms with van der Waals surface area (Å²) in [5, 5.41) is 10.7. The Kier molecular flexibility index (Phi) is 75.4. The molecule has 0 radical (unpaired) electrons. The fourth-order valence-corrected chi connectivity index (χ4v) is 14.7. The van der Waals surface area contributed by atoms with Crippen molar-refractivity contribution < 1.29 is 80.2 Å². The summed E-state index contributed by atoms with van der Waals surface area (Å²) < 4.78 is 68.8. The molecule has 0 rings (SSSR count). The van der Waals surface area contributed by atoms with Crippen molar-refractivity contribution in [2.75, 3.05) is 39.6 Å². The zero-order valence-electron chi connectivity index (χ0n) is 67.5. The zero-order valence-corrected chi connectivity index (χ0v) is 69.3. The molecule has 0 heterocycles. The normalized spacial score (nSPS) is 14.1. The monoisotopic (exact) mass is 1510 g/mol. The summed E-state index contributed by atoms with van der Waals surface area (Å²) in [6.07, 6.45) is 69.6. The Balaban J connectivity index is 5.20. The van der Waals surface area contributed by atoms with Crippen molar-refractivity contribution in [3.8, 4) is 0 Å². The van der Waals surface area contributed by atoms with Crippen LogP contribution in [0.25, 0.3) is 0 Å². The largest absolute Gasteiger partial charge is 0.472 e. The summed E-state index contributed by atoms with van der Waals surface area (Å²) >= 11 is 0. The quantitative estimate of drug-likeness (QED) is 0.0222. The van der Waals surface area contributed by atoms with Gasteiger partial charge in [0.1, 0.15) is 19.3 Å². The Morgan fingerprint density at radius 2 is 0.466 bits per heavy atom. The number of carbonyl (C=O) groups is 4. The van der Waals surface area contributed by atoms with Crippen LogP contribution in [0, 0.1) is 5.92 Å². The highest BCUT2D eigenvalue weighted by Gasteiger charge is 2.30. The molecule has 19 heteroatoms. The highest BCUT2D eigenvalue weighted by atomic mass is 31.2. The van der Waals surface area contributed by atoms with E-state index in [9.17, 15) is 43.2 Å². The molecule has 0 aliphatic carbocycles. The van der Waals surface area contributed by atoms with Gasteiger partial charge in [-0.25, -0.2) is 9.13 Å². The molecular weight excluding hydrogens is 1340 g/mol. The summed E-state index contributed by atoms with van der Waals surface area (Å²) in [5.74, 6) is -1.37. The first-order valence-electron chi connectivity index (χ1n) is 43.7. The van der Waals surface area contributed by atoms with E-state index in [1.54, 1.807) is 0 Å². The minimum absolute atomic E-state index is 0.107. The molecule has 0 aliphatic rings. The molecule has 0 aliphatic heterocycles. The Hall–Kier alpha value is -1.94. The Morgan fingerprint density at radius 1 is 0.272 bits per heavy atom. The number of phosphoric acid groups is 2. The minimum Gasteiger partial charge on any atom is -0.462 e. The van der Waals surface area contributed by atoms with E-state index < -0.39 is 97.5 Å². The SMILES string of the molecule is CCCCCCCCCCCCCCCCCCCCCCCCC(=O)O[C@H](COC(=O)CCCCCCCCCCCCCCCCCCCCC)COP(=O)(O)OC[C@@H](O)COP(=O)(O)OC[C@@H](COC(=O)CCCCCCCCC(C)CC)OC(=O)CCCCCCCCCCCCCC. The third kappa shape index (κ3) is 76.6. The van der Waals surface area contributed by atoms with Crippen LogP contribution < -0.4 is 0 Å². The van der Waals surface area contributed by atoms with Gasteiger partial charge in [-0.05, 0) is 31.6 Å². The molecule has 0 fully saturated rings. The van der Waals surface area contributed by atoms with Gasteiger partial charge < -0.3 is 33.8 Å². The molecule has 0 amide bonds. The number of carbonyl (C=O) groups excluding carboxylic acids is 4. The van der Waals surface area contributed by atoms with Crippen LogP contribution in [0.5, 0.6) is 0 Å². The second-order valence-corrected chi connectivity index (χ2v) is 33.4. The molecule has 0 aromatic carbocycles. The second kappa shape index (κ2) is 76.8. The second-order valence-electron chi connectivity index (χ2n) is 30.5. The topological polar surface area (TPSA) is 237 Å². The van der Waals surface area contributed by atoms with Gasteiger partial charge in [0.15, 0.2) is 12.2 Å². The van der Waals surface area contributed by atoms with Crippen LogP contribution >= 0.6 is 15.6 Å². The van der Waals surface area contributed by atoms with E-state index in [1.165, 1.54) is 270 Å². The maximum Gasteiger partial charge on any atom is 0.472 e. The van der Waals surface area contributed by atoms with Gasteiger partial charge >= 0.3 is 39.5 Å². The van der Waals surface area contributed by atoms with E-state index in [-0.39, 0.29) is 25.7 Å². The van der Waals surface area contributed by atoms with Crippen molar-refractivity contribution in [3.63, 3.8) is 0 Å². The average Bonchev–Trinajstić information content (AvgIpc) is 1.01. The number of phosphoric ester groups is 2. The number of ether oxygens (including phenoxy) is 4. The number of rotatable bonds is 84. The first-order valence-corrected chi connectivity index (χ1v) is 46.7. The number of unbranched alkanes of at least 4 members (excludes halogenated alkanes) is 55. The summed E-state index contributed by atoms with van der Waals surface area (Å²) in [7, 11) is -9.92. The van der Waals surface area contributed by atoms with Crippen LogP contribution in [0.4, 0.5) is 0 Å². The average molecular weight is 1510 g/mol. The maximum absolute atomic E-state index is 13.1. The highest BCUT2D eigenvalue weighted by molar-refractivity contribution is 7.47. The molecular formula is C84H164O17P2. The molecule has 0 saturated heterocycles. The van der Waals surface area contributed by atoms with Crippen molar-refractivity contribution in [2.45, 2.75) is 470 Å². The van der Waals surface area contributed by atoms with Crippen LogP contribution in [0.3, 0.4) is 0 Å². The molecule has 3 N–H and O–H groups in total. The summed E-state index contributed by atoms with van der Waals surface area (Å²) in [4.78, 5) is 73.1. The number of hydrogen-bond donors (Lipinski definition) is 3. The van der Waals surface area contributed by atoms with Crippen LogP contribution in [0.15, 0.2) is 0 Å². The van der Waals surface area contributed by atoms with E-state index in [1.807, 2.05) is 0 Å². The van der Waals surface area contributed by atoms with Crippen LogP contribution in [0.1, 0.15) is 452 Å². The van der Waals surface area contributed by atoms with Crippen LogP contribution in [0.2, 0.25) is 0 Å². The van der Waals surface area contributed by atoms with Crippen LogP contribution in [-0.4, -0.2) is 96.7 Å². The molecule has 0 bridgehead atoms. The molecule has 0 aromatic heterocycles. The first kappa shape index (κ1) is 101. The van der Waals surface area contributed by atoms with E-state index in [2.05, 4.69) is 34.6 Å². The van der Waals surface area contributed by atoms with Crippen molar-refractivity contribution in [1.29, 1.82) is 0 Å². The minimum atomic E-state index is -4.96. The lowest BCUT2D eigenvalue weighted by atomic mass is 10.00. The Bertz CT molecular complexity index is 1960. The molecule has 103 heavy (non-hydrogen) atoms. The van der Waals surface area contributed by atoms with E-state index in [0.717, 1.165) is 102 Å². The van der Waals surface area contributed by atoms with Gasteiger partial charge in [0.25, 0.3) is 0 Å². The highest BCUT2D eigenvalue weighted by Crippen LogP contribution is 2.45. The number of hydrogen-bond acceptors (Lipinski definition) is 15. The van der Waals surface area contributed by atoms with Gasteiger partial charge in [0.05, 0.1) is 26.4 Å². The fraction of sp³-hybridized carbons (Fsp3) is 0.952. The fourth-order valence-electron chi connectivity index (χ4n) is 13.1. The van der Waals surface area contributed by atoms with Gasteiger partial charge in [0, 0.05) is 25.7 Å². The molecule has 0 spiro atoms. The summed E-state index contributed by atoms with van der Waals surface area (Å²) in [6, 6.07) is 0. The van der Waals surface area contributed by atoms with E-state index >= 15 is 0 Å². The van der Waals surface area contributed by atoms with Gasteiger partial charge in [0.2, 0.25) is 0 Å². The molecule has 17 nitrogen and oxygen atoms in total. The standard InChI is InChI=1S/C84H164O17P2/c1-6-10-13-16-19-22-25-28-30-32-34-35-36-38-40-42-44-47-50-53-60-65-70-84(89)100-79(73-94-81(86)67-62-57-51-48-46-43-41-39-37-33-31-29-26-23-20-17-14-11-7-2)75-98-102(90,91)96-71-78(85)72-97-103(92,93)99-76-80(74-95-82(87)68-63-58-55-54-56-61-66-77(5)9-4)101-83(88)69-64-59-52-49-45-27-24-21-18-15-12-8-3/h77-80,85H,6-76H2,1-5H3,(H,90,91)(H,92,93)/t77?,78-,79-,80-/m1/s1. The smallest absolute Gasteiger partial charge is 0.462 e. The number of aliphatic hydroxyl groups is 1. The lowest BCUT2D eigenvalue weighted by Crippen LogP contribution is -2.30. The lowest BCUT2D eigenvalue weighted by molar-refractivity contribution is -0.161. The van der Waals surface area contributed by atoms with Gasteiger partial charge in [-0.1, -0.05) is 401 Å².